The molecule has 1 fully saturated rings. The summed E-state index contributed by atoms with van der Waals surface area (Å²) in [6.45, 7) is 4.87. The zero-order chi connectivity index (χ0) is 17.8. The molecule has 0 amide bonds. The van der Waals surface area contributed by atoms with E-state index in [4.69, 9.17) is 9.47 Å². The number of para-hydroxylation sites is 2. The van der Waals surface area contributed by atoms with E-state index >= 15 is 0 Å². The van der Waals surface area contributed by atoms with Gasteiger partial charge >= 0.3 is 0 Å². The predicted molar refractivity (Wildman–Crippen MR) is 106 cm³/mol. The fourth-order valence-corrected chi connectivity index (χ4v) is 3.52. The van der Waals surface area contributed by atoms with E-state index in [1.54, 1.807) is 0 Å². The SMILES string of the molecule is CC(Oc1ccccc1OCc1ccc2ccccc2c1)N1CCCC1. The van der Waals surface area contributed by atoms with Crippen LogP contribution in [0.1, 0.15) is 25.3 Å². The van der Waals surface area contributed by atoms with Crippen LogP contribution in [0.5, 0.6) is 11.5 Å². The number of benzene rings is 3. The highest BCUT2D eigenvalue weighted by atomic mass is 16.5. The van der Waals surface area contributed by atoms with E-state index in [2.05, 4.69) is 54.3 Å². The van der Waals surface area contributed by atoms with Gasteiger partial charge in [0.2, 0.25) is 0 Å². The maximum absolute atomic E-state index is 6.19. The van der Waals surface area contributed by atoms with Crippen molar-refractivity contribution in [2.75, 3.05) is 13.1 Å². The molecular weight excluding hydrogens is 322 g/mol. The molecule has 1 heterocycles. The zero-order valence-corrected chi connectivity index (χ0v) is 15.2. The Morgan fingerprint density at radius 3 is 2.35 bits per heavy atom. The second kappa shape index (κ2) is 7.79. The van der Waals surface area contributed by atoms with E-state index in [0.717, 1.165) is 30.2 Å². The molecule has 26 heavy (non-hydrogen) atoms. The summed E-state index contributed by atoms with van der Waals surface area (Å²) < 4.78 is 12.3. The lowest BCUT2D eigenvalue weighted by Gasteiger charge is -2.25. The van der Waals surface area contributed by atoms with Crippen LogP contribution in [0, 0.1) is 0 Å². The molecule has 3 nitrogen and oxygen atoms in total. The average Bonchev–Trinajstić information content (AvgIpc) is 3.22. The molecule has 3 heteroatoms. The highest BCUT2D eigenvalue weighted by molar-refractivity contribution is 5.82. The van der Waals surface area contributed by atoms with Gasteiger partial charge in [0, 0.05) is 13.1 Å². The van der Waals surface area contributed by atoms with E-state index in [0.29, 0.717) is 6.61 Å². The fraction of sp³-hybridized carbons (Fsp3) is 0.304. The third kappa shape index (κ3) is 3.83. The van der Waals surface area contributed by atoms with Gasteiger partial charge in [0.25, 0.3) is 0 Å². The van der Waals surface area contributed by atoms with Gasteiger partial charge in [0.15, 0.2) is 11.5 Å². The molecule has 1 aliphatic heterocycles. The molecule has 3 aromatic carbocycles. The van der Waals surface area contributed by atoms with Crippen LogP contribution >= 0.6 is 0 Å². The van der Waals surface area contributed by atoms with Crippen LogP contribution in [-0.2, 0) is 6.61 Å². The van der Waals surface area contributed by atoms with Gasteiger partial charge in [-0.3, -0.25) is 4.90 Å². The predicted octanol–water partition coefficient (Wildman–Crippen LogP) is 5.24. The summed E-state index contributed by atoms with van der Waals surface area (Å²) in [6.07, 6.45) is 2.59. The van der Waals surface area contributed by atoms with Crippen LogP contribution < -0.4 is 9.47 Å². The smallest absolute Gasteiger partial charge is 0.163 e. The van der Waals surface area contributed by atoms with Gasteiger partial charge in [-0.2, -0.15) is 0 Å². The van der Waals surface area contributed by atoms with E-state index in [1.165, 1.54) is 23.6 Å². The number of rotatable bonds is 6. The number of ether oxygens (including phenoxy) is 2. The molecule has 4 rings (SSSR count). The molecular formula is C23H25NO2. The van der Waals surface area contributed by atoms with Gasteiger partial charge in [0.05, 0.1) is 0 Å². The third-order valence-corrected chi connectivity index (χ3v) is 5.01. The average molecular weight is 347 g/mol. The Bertz CT molecular complexity index is 871. The van der Waals surface area contributed by atoms with Crippen molar-refractivity contribution in [1.29, 1.82) is 0 Å². The second-order valence-electron chi connectivity index (χ2n) is 6.88. The van der Waals surface area contributed by atoms with Crippen molar-refractivity contribution < 1.29 is 9.47 Å². The quantitative estimate of drug-likeness (QED) is 0.609. The number of hydrogen-bond acceptors (Lipinski definition) is 3. The number of hydrogen-bond donors (Lipinski definition) is 0. The van der Waals surface area contributed by atoms with E-state index < -0.39 is 0 Å². The molecule has 0 spiro atoms. The summed E-state index contributed by atoms with van der Waals surface area (Å²) >= 11 is 0. The molecule has 1 unspecified atom stereocenters. The number of nitrogens with zero attached hydrogens (tertiary/aromatic N) is 1. The molecule has 1 atom stereocenters. The lowest BCUT2D eigenvalue weighted by molar-refractivity contribution is 0.0557. The number of fused-ring (bicyclic) bond motifs is 1. The summed E-state index contributed by atoms with van der Waals surface area (Å²) in [4.78, 5) is 2.38. The Balaban J connectivity index is 1.45. The van der Waals surface area contributed by atoms with Crippen LogP contribution in [0.3, 0.4) is 0 Å². The Labute approximate surface area is 155 Å². The van der Waals surface area contributed by atoms with Gasteiger partial charge < -0.3 is 9.47 Å². The van der Waals surface area contributed by atoms with Crippen LogP contribution in [-0.4, -0.2) is 24.2 Å². The Hall–Kier alpha value is -2.52. The molecule has 134 valence electrons. The Morgan fingerprint density at radius 2 is 1.54 bits per heavy atom. The van der Waals surface area contributed by atoms with Crippen molar-refractivity contribution in [2.24, 2.45) is 0 Å². The standard InChI is InChI=1S/C23H25NO2/c1-18(24-14-6-7-15-24)26-23-11-5-4-10-22(23)25-17-19-12-13-20-8-2-3-9-21(20)16-19/h2-5,8-13,16,18H,6-7,14-15,17H2,1H3. The molecule has 0 N–H and O–H groups in total. The lowest BCUT2D eigenvalue weighted by Crippen LogP contribution is -2.34. The highest BCUT2D eigenvalue weighted by Crippen LogP contribution is 2.29. The van der Waals surface area contributed by atoms with Crippen molar-refractivity contribution in [3.63, 3.8) is 0 Å². The molecule has 1 saturated heterocycles. The van der Waals surface area contributed by atoms with Gasteiger partial charge in [-0.1, -0.05) is 48.5 Å². The van der Waals surface area contributed by atoms with Crippen molar-refractivity contribution in [2.45, 2.75) is 32.6 Å². The largest absolute Gasteiger partial charge is 0.485 e. The summed E-state index contributed by atoms with van der Waals surface area (Å²) in [5.74, 6) is 1.61. The molecule has 3 aromatic rings. The van der Waals surface area contributed by atoms with Crippen molar-refractivity contribution in [1.82, 2.24) is 4.90 Å². The van der Waals surface area contributed by atoms with Crippen LogP contribution in [0.25, 0.3) is 10.8 Å². The minimum absolute atomic E-state index is 0.0721. The van der Waals surface area contributed by atoms with Crippen LogP contribution in [0.15, 0.2) is 66.7 Å². The van der Waals surface area contributed by atoms with E-state index in [9.17, 15) is 0 Å². The molecule has 1 aliphatic rings. The first-order chi connectivity index (χ1) is 12.8. The molecule has 0 aromatic heterocycles. The number of likely N-dealkylation sites (tertiary alicyclic amines) is 1. The first-order valence-corrected chi connectivity index (χ1v) is 9.40. The summed E-state index contributed by atoms with van der Waals surface area (Å²) in [7, 11) is 0. The molecule has 0 aliphatic carbocycles. The minimum atomic E-state index is 0.0721. The Kier molecular flexibility index (Phi) is 5.07. The Morgan fingerprint density at radius 1 is 0.846 bits per heavy atom. The van der Waals surface area contributed by atoms with Gasteiger partial charge in [-0.25, -0.2) is 0 Å². The minimum Gasteiger partial charge on any atom is -0.485 e. The van der Waals surface area contributed by atoms with Crippen molar-refractivity contribution >= 4 is 10.8 Å². The first-order valence-electron chi connectivity index (χ1n) is 9.40. The second-order valence-corrected chi connectivity index (χ2v) is 6.88. The van der Waals surface area contributed by atoms with Crippen LogP contribution in [0.2, 0.25) is 0 Å². The van der Waals surface area contributed by atoms with Crippen LogP contribution in [0.4, 0.5) is 0 Å². The third-order valence-electron chi connectivity index (χ3n) is 5.01. The first kappa shape index (κ1) is 16.9. The van der Waals surface area contributed by atoms with E-state index in [1.807, 2.05) is 24.3 Å². The van der Waals surface area contributed by atoms with Crippen molar-refractivity contribution in [3.8, 4) is 11.5 Å². The molecule has 0 saturated carbocycles. The fourth-order valence-electron chi connectivity index (χ4n) is 3.52. The topological polar surface area (TPSA) is 21.7 Å². The maximum atomic E-state index is 6.19. The summed E-state index contributed by atoms with van der Waals surface area (Å²) in [6, 6.07) is 22.8. The normalized spacial score (nSPS) is 15.9. The zero-order valence-electron chi connectivity index (χ0n) is 15.2. The van der Waals surface area contributed by atoms with Gasteiger partial charge in [-0.15, -0.1) is 0 Å². The molecule has 0 bridgehead atoms. The highest BCUT2D eigenvalue weighted by Gasteiger charge is 2.20. The maximum Gasteiger partial charge on any atom is 0.163 e. The lowest BCUT2D eigenvalue weighted by atomic mass is 10.1. The molecule has 0 radical (unpaired) electrons. The summed E-state index contributed by atoms with van der Waals surface area (Å²) in [5, 5.41) is 2.49. The van der Waals surface area contributed by atoms with Crippen molar-refractivity contribution in [3.05, 3.63) is 72.3 Å². The summed E-state index contributed by atoms with van der Waals surface area (Å²) in [5.41, 5.74) is 1.16. The van der Waals surface area contributed by atoms with E-state index in [-0.39, 0.29) is 6.23 Å². The monoisotopic (exact) mass is 347 g/mol. The van der Waals surface area contributed by atoms with Gasteiger partial charge in [0.1, 0.15) is 12.8 Å². The van der Waals surface area contributed by atoms with Gasteiger partial charge in [-0.05, 0) is 54.3 Å².